The van der Waals surface area contributed by atoms with E-state index in [0.29, 0.717) is 11.1 Å². The fourth-order valence-corrected chi connectivity index (χ4v) is 2.36. The van der Waals surface area contributed by atoms with Crippen LogP contribution in [0.1, 0.15) is 11.3 Å². The van der Waals surface area contributed by atoms with Crippen LogP contribution in [0.2, 0.25) is 0 Å². The quantitative estimate of drug-likeness (QED) is 0.501. The van der Waals surface area contributed by atoms with E-state index in [-0.39, 0.29) is 0 Å². The van der Waals surface area contributed by atoms with Crippen molar-refractivity contribution < 1.29 is 0 Å². The maximum Gasteiger partial charge on any atom is 0.165 e. The number of hydrogen-bond acceptors (Lipinski definition) is 3. The molecule has 0 spiro atoms. The molecule has 3 rings (SSSR count). The standard InChI is InChI=1S/C13H11IN4/c1-7-3-4-18-11(5-7)17-13-9(12(18)15)6-10(14)8(2)16-13/h3-6,15H,1-2H3. The highest BCUT2D eigenvalue weighted by Gasteiger charge is 2.07. The summed E-state index contributed by atoms with van der Waals surface area (Å²) in [6.45, 7) is 3.97. The number of nitrogens with zero attached hydrogens (tertiary/aromatic N) is 3. The second-order valence-corrected chi connectivity index (χ2v) is 5.48. The molecule has 0 radical (unpaired) electrons. The van der Waals surface area contributed by atoms with Crippen molar-refractivity contribution in [1.29, 1.82) is 5.41 Å². The summed E-state index contributed by atoms with van der Waals surface area (Å²) in [5, 5.41) is 9.03. The summed E-state index contributed by atoms with van der Waals surface area (Å²) < 4.78 is 2.84. The van der Waals surface area contributed by atoms with Crippen molar-refractivity contribution >= 4 is 39.3 Å². The number of hydrogen-bond donors (Lipinski definition) is 1. The lowest BCUT2D eigenvalue weighted by atomic mass is 10.2. The predicted molar refractivity (Wildman–Crippen MR) is 78.5 cm³/mol. The molecule has 3 aromatic heterocycles. The van der Waals surface area contributed by atoms with Gasteiger partial charge in [-0.2, -0.15) is 0 Å². The topological polar surface area (TPSA) is 54.0 Å². The highest BCUT2D eigenvalue weighted by Crippen LogP contribution is 2.15. The maximum absolute atomic E-state index is 8.25. The van der Waals surface area contributed by atoms with E-state index < -0.39 is 0 Å². The fourth-order valence-electron chi connectivity index (χ4n) is 1.93. The Kier molecular flexibility index (Phi) is 2.58. The van der Waals surface area contributed by atoms with Crippen LogP contribution in [-0.4, -0.2) is 14.4 Å². The van der Waals surface area contributed by atoms with Crippen LogP contribution in [0.15, 0.2) is 24.4 Å². The number of aromatic nitrogens is 3. The zero-order valence-corrected chi connectivity index (χ0v) is 12.2. The first-order valence-corrected chi connectivity index (χ1v) is 6.64. The van der Waals surface area contributed by atoms with Crippen LogP contribution in [0.25, 0.3) is 16.7 Å². The minimum atomic E-state index is 0.431. The van der Waals surface area contributed by atoms with Gasteiger partial charge in [-0.05, 0) is 60.2 Å². The smallest absolute Gasteiger partial charge is 0.165 e. The molecule has 4 nitrogen and oxygen atoms in total. The molecule has 0 unspecified atom stereocenters. The summed E-state index contributed by atoms with van der Waals surface area (Å²) in [6, 6.07) is 5.91. The molecule has 90 valence electrons. The third-order valence-electron chi connectivity index (χ3n) is 2.94. The molecule has 3 heterocycles. The molecule has 0 aliphatic rings. The van der Waals surface area contributed by atoms with Crippen molar-refractivity contribution in [3.05, 3.63) is 44.7 Å². The summed E-state index contributed by atoms with van der Waals surface area (Å²) in [7, 11) is 0. The third-order valence-corrected chi connectivity index (χ3v) is 4.03. The van der Waals surface area contributed by atoms with Gasteiger partial charge in [0, 0.05) is 9.77 Å². The molecule has 0 saturated heterocycles. The molecule has 0 aliphatic heterocycles. The van der Waals surface area contributed by atoms with Crippen LogP contribution in [0.3, 0.4) is 0 Å². The molecule has 0 saturated carbocycles. The Balaban J connectivity index is 2.56. The van der Waals surface area contributed by atoms with Crippen molar-refractivity contribution in [2.75, 3.05) is 0 Å². The Hall–Kier alpha value is -1.50. The summed E-state index contributed by atoms with van der Waals surface area (Å²) in [5.74, 6) is 0. The first-order chi connectivity index (χ1) is 8.56. The number of fused-ring (bicyclic) bond motifs is 2. The lowest BCUT2D eigenvalue weighted by molar-refractivity contribution is 0.988. The molecule has 0 amide bonds. The highest BCUT2D eigenvalue weighted by molar-refractivity contribution is 14.1. The van der Waals surface area contributed by atoms with Gasteiger partial charge >= 0.3 is 0 Å². The van der Waals surface area contributed by atoms with Gasteiger partial charge in [-0.1, -0.05) is 0 Å². The van der Waals surface area contributed by atoms with E-state index >= 15 is 0 Å². The van der Waals surface area contributed by atoms with Crippen LogP contribution >= 0.6 is 22.6 Å². The van der Waals surface area contributed by atoms with E-state index in [1.165, 1.54) is 0 Å². The van der Waals surface area contributed by atoms with Crippen molar-refractivity contribution in [3.63, 3.8) is 0 Å². The summed E-state index contributed by atoms with van der Waals surface area (Å²) in [4.78, 5) is 8.99. The largest absolute Gasteiger partial charge is 0.286 e. The Morgan fingerprint density at radius 2 is 2.00 bits per heavy atom. The normalized spacial score (nSPS) is 11.3. The summed E-state index contributed by atoms with van der Waals surface area (Å²) in [6.07, 6.45) is 1.88. The van der Waals surface area contributed by atoms with E-state index in [1.54, 1.807) is 4.40 Å². The number of nitrogens with one attached hydrogen (secondary N) is 1. The van der Waals surface area contributed by atoms with Crippen molar-refractivity contribution in [3.8, 4) is 0 Å². The van der Waals surface area contributed by atoms with Gasteiger partial charge in [-0.25, -0.2) is 9.97 Å². The van der Waals surface area contributed by atoms with Gasteiger partial charge in [0.25, 0.3) is 0 Å². The van der Waals surface area contributed by atoms with E-state index in [9.17, 15) is 0 Å². The predicted octanol–water partition coefficient (Wildman–Crippen LogP) is 2.58. The molecule has 18 heavy (non-hydrogen) atoms. The van der Waals surface area contributed by atoms with Crippen LogP contribution < -0.4 is 5.49 Å². The summed E-state index contributed by atoms with van der Waals surface area (Å²) >= 11 is 2.24. The second-order valence-electron chi connectivity index (χ2n) is 4.32. The molecule has 5 heteroatoms. The number of aryl methyl sites for hydroxylation is 2. The molecule has 0 fully saturated rings. The van der Waals surface area contributed by atoms with Crippen molar-refractivity contribution in [2.45, 2.75) is 13.8 Å². The van der Waals surface area contributed by atoms with Gasteiger partial charge in [-0.15, -0.1) is 0 Å². The minimum Gasteiger partial charge on any atom is -0.286 e. The van der Waals surface area contributed by atoms with Gasteiger partial charge < -0.3 is 0 Å². The van der Waals surface area contributed by atoms with E-state index in [2.05, 4.69) is 32.6 Å². The lowest BCUT2D eigenvalue weighted by Gasteiger charge is -2.06. The Morgan fingerprint density at radius 3 is 2.78 bits per heavy atom. The Morgan fingerprint density at radius 1 is 1.22 bits per heavy atom. The zero-order chi connectivity index (χ0) is 12.9. The molecule has 0 bridgehead atoms. The molecular weight excluding hydrogens is 339 g/mol. The van der Waals surface area contributed by atoms with Crippen LogP contribution in [0.5, 0.6) is 0 Å². The van der Waals surface area contributed by atoms with E-state index in [4.69, 9.17) is 5.41 Å². The Labute approximate surface area is 117 Å². The molecular formula is C13H11IN4. The van der Waals surface area contributed by atoms with Gasteiger partial charge in [0.1, 0.15) is 11.1 Å². The van der Waals surface area contributed by atoms with Crippen LogP contribution in [0, 0.1) is 22.8 Å². The maximum atomic E-state index is 8.25. The molecule has 1 N–H and O–H groups in total. The molecule has 3 aromatic rings. The van der Waals surface area contributed by atoms with E-state index in [1.807, 2.05) is 38.2 Å². The fraction of sp³-hybridized carbons (Fsp3) is 0.154. The molecule has 0 aliphatic carbocycles. The highest BCUT2D eigenvalue weighted by atomic mass is 127. The number of halogens is 1. The van der Waals surface area contributed by atoms with Gasteiger partial charge in [0.2, 0.25) is 0 Å². The number of rotatable bonds is 0. The average molecular weight is 350 g/mol. The molecule has 0 aromatic carbocycles. The van der Waals surface area contributed by atoms with Gasteiger partial charge in [0.15, 0.2) is 5.65 Å². The van der Waals surface area contributed by atoms with Crippen molar-refractivity contribution in [2.24, 2.45) is 0 Å². The third kappa shape index (κ3) is 1.69. The van der Waals surface area contributed by atoms with Gasteiger partial charge in [-0.3, -0.25) is 9.81 Å². The monoisotopic (exact) mass is 350 g/mol. The second kappa shape index (κ2) is 4.01. The van der Waals surface area contributed by atoms with Crippen LogP contribution in [-0.2, 0) is 0 Å². The first kappa shape index (κ1) is 11.6. The minimum absolute atomic E-state index is 0.431. The van der Waals surface area contributed by atoms with Crippen molar-refractivity contribution in [1.82, 2.24) is 14.4 Å². The van der Waals surface area contributed by atoms with Gasteiger partial charge in [0.05, 0.1) is 11.1 Å². The zero-order valence-electron chi connectivity index (χ0n) is 10.0. The SMILES string of the molecule is Cc1ccn2c(=N)c3cc(I)c(C)nc3nc2c1. The Bertz CT molecular complexity index is 836. The average Bonchev–Trinajstić information content (AvgIpc) is 2.32. The number of pyridine rings is 2. The molecule has 0 atom stereocenters. The summed E-state index contributed by atoms with van der Waals surface area (Å²) in [5.41, 5.74) is 3.92. The first-order valence-electron chi connectivity index (χ1n) is 5.57. The van der Waals surface area contributed by atoms with Crippen LogP contribution in [0.4, 0.5) is 0 Å². The lowest BCUT2D eigenvalue weighted by Crippen LogP contribution is -2.16. The van der Waals surface area contributed by atoms with E-state index in [0.717, 1.165) is 25.9 Å².